The van der Waals surface area contributed by atoms with Crippen molar-refractivity contribution in [3.63, 3.8) is 0 Å². The fraction of sp³-hybridized carbons (Fsp3) is 0.250. The summed E-state index contributed by atoms with van der Waals surface area (Å²) in [6.45, 7) is 3.73. The number of halogens is 1. The summed E-state index contributed by atoms with van der Waals surface area (Å²) in [6, 6.07) is 2.12. The molecule has 2 heterocycles. The van der Waals surface area contributed by atoms with E-state index in [0.29, 0.717) is 11.8 Å². The predicted molar refractivity (Wildman–Crippen MR) is 71.4 cm³/mol. The van der Waals surface area contributed by atoms with Crippen molar-refractivity contribution in [2.45, 2.75) is 13.5 Å². The first-order chi connectivity index (χ1) is 8.78. The van der Waals surface area contributed by atoms with Crippen molar-refractivity contribution in [3.8, 4) is 11.8 Å². The number of nitrogens with one attached hydrogen (secondary N) is 1. The Hall–Kier alpha value is -1.53. The Morgan fingerprint density at radius 3 is 2.67 bits per heavy atom. The summed E-state index contributed by atoms with van der Waals surface area (Å²) in [5.74, 6) is 0.601. The standard InChI is InChI=1S/C12H13BrN4O/c1-2-14-4-9-5-16-12(17-6-9)18-11-3-10(13)7-15-8-11/h3,5-8,14H,2,4H2,1H3. The van der Waals surface area contributed by atoms with Crippen LogP contribution in [0.5, 0.6) is 11.8 Å². The van der Waals surface area contributed by atoms with Gasteiger partial charge in [-0.2, -0.15) is 0 Å². The Labute approximate surface area is 114 Å². The fourth-order valence-electron chi connectivity index (χ4n) is 1.31. The molecule has 0 radical (unpaired) electrons. The number of nitrogens with zero attached hydrogens (tertiary/aromatic N) is 3. The van der Waals surface area contributed by atoms with E-state index in [1.165, 1.54) is 0 Å². The summed E-state index contributed by atoms with van der Waals surface area (Å²) in [7, 11) is 0. The molecule has 2 aromatic rings. The van der Waals surface area contributed by atoms with Crippen LogP contribution < -0.4 is 10.1 Å². The third-order valence-electron chi connectivity index (χ3n) is 2.15. The van der Waals surface area contributed by atoms with Gasteiger partial charge in [-0.25, -0.2) is 9.97 Å². The van der Waals surface area contributed by atoms with Crippen LogP contribution in [0.15, 0.2) is 35.3 Å². The normalized spacial score (nSPS) is 10.3. The van der Waals surface area contributed by atoms with Crippen LogP contribution in [0, 0.1) is 0 Å². The Balaban J connectivity index is 2.02. The highest BCUT2D eigenvalue weighted by Gasteiger charge is 2.01. The number of rotatable bonds is 5. The topological polar surface area (TPSA) is 59.9 Å². The molecule has 0 aliphatic carbocycles. The molecule has 0 spiro atoms. The summed E-state index contributed by atoms with van der Waals surface area (Å²) in [5, 5.41) is 3.20. The number of hydrogen-bond donors (Lipinski definition) is 1. The van der Waals surface area contributed by atoms with Crippen LogP contribution in [0.4, 0.5) is 0 Å². The maximum absolute atomic E-state index is 5.48. The second kappa shape index (κ2) is 6.42. The van der Waals surface area contributed by atoms with E-state index < -0.39 is 0 Å². The van der Waals surface area contributed by atoms with E-state index in [2.05, 4.69) is 43.1 Å². The van der Waals surface area contributed by atoms with Crippen molar-refractivity contribution in [2.24, 2.45) is 0 Å². The first kappa shape index (κ1) is 12.9. The van der Waals surface area contributed by atoms with Crippen molar-refractivity contribution < 1.29 is 4.74 Å². The van der Waals surface area contributed by atoms with Gasteiger partial charge in [0.15, 0.2) is 5.75 Å². The lowest BCUT2D eigenvalue weighted by Gasteiger charge is -2.04. The molecule has 6 heteroatoms. The molecule has 0 saturated heterocycles. The molecule has 1 N–H and O–H groups in total. The van der Waals surface area contributed by atoms with Gasteiger partial charge in [-0.3, -0.25) is 4.98 Å². The Morgan fingerprint density at radius 1 is 1.22 bits per heavy atom. The summed E-state index contributed by atoms with van der Waals surface area (Å²) in [6.07, 6.45) is 6.79. The lowest BCUT2D eigenvalue weighted by molar-refractivity contribution is 0.438. The van der Waals surface area contributed by atoms with Gasteiger partial charge in [-0.1, -0.05) is 6.92 Å². The Kier molecular flexibility index (Phi) is 4.60. The average Bonchev–Trinajstić information content (AvgIpc) is 2.38. The molecule has 0 aromatic carbocycles. The van der Waals surface area contributed by atoms with E-state index in [9.17, 15) is 0 Å². The first-order valence-electron chi connectivity index (χ1n) is 5.58. The molecular formula is C12H13BrN4O. The van der Waals surface area contributed by atoms with Gasteiger partial charge in [0.2, 0.25) is 0 Å². The van der Waals surface area contributed by atoms with E-state index in [1.807, 2.05) is 6.07 Å². The van der Waals surface area contributed by atoms with Crippen LogP contribution in [0.2, 0.25) is 0 Å². The SMILES string of the molecule is CCNCc1cnc(Oc2cncc(Br)c2)nc1. The number of pyridine rings is 1. The van der Waals surface area contributed by atoms with E-state index in [-0.39, 0.29) is 0 Å². The van der Waals surface area contributed by atoms with Crippen LogP contribution in [0.3, 0.4) is 0 Å². The Morgan fingerprint density at radius 2 is 2.00 bits per heavy atom. The van der Waals surface area contributed by atoms with Gasteiger partial charge < -0.3 is 10.1 Å². The predicted octanol–water partition coefficient (Wildman–Crippen LogP) is 2.54. The zero-order chi connectivity index (χ0) is 12.8. The van der Waals surface area contributed by atoms with Gasteiger partial charge in [0.25, 0.3) is 0 Å². The third kappa shape index (κ3) is 3.75. The minimum absolute atomic E-state index is 0.315. The molecular weight excluding hydrogens is 296 g/mol. The van der Waals surface area contributed by atoms with Crippen LogP contribution in [-0.2, 0) is 6.54 Å². The fourth-order valence-corrected chi connectivity index (χ4v) is 1.65. The summed E-state index contributed by atoms with van der Waals surface area (Å²) in [4.78, 5) is 12.3. The van der Waals surface area contributed by atoms with Gasteiger partial charge in [-0.05, 0) is 28.5 Å². The second-order valence-electron chi connectivity index (χ2n) is 3.60. The molecule has 0 unspecified atom stereocenters. The van der Waals surface area contributed by atoms with Gasteiger partial charge in [0.1, 0.15) is 0 Å². The third-order valence-corrected chi connectivity index (χ3v) is 2.58. The monoisotopic (exact) mass is 308 g/mol. The zero-order valence-electron chi connectivity index (χ0n) is 9.93. The molecule has 0 aliphatic heterocycles. The first-order valence-corrected chi connectivity index (χ1v) is 6.37. The van der Waals surface area contributed by atoms with Gasteiger partial charge in [0.05, 0.1) is 6.20 Å². The van der Waals surface area contributed by atoms with E-state index >= 15 is 0 Å². The van der Waals surface area contributed by atoms with Gasteiger partial charge >= 0.3 is 6.01 Å². The van der Waals surface area contributed by atoms with Crippen LogP contribution in [0.25, 0.3) is 0 Å². The summed E-state index contributed by atoms with van der Waals surface area (Å²) in [5.41, 5.74) is 1.02. The van der Waals surface area contributed by atoms with Crippen molar-refractivity contribution in [2.75, 3.05) is 6.54 Å². The molecule has 2 rings (SSSR count). The quantitative estimate of drug-likeness (QED) is 0.919. The average molecular weight is 309 g/mol. The highest BCUT2D eigenvalue weighted by atomic mass is 79.9. The molecule has 2 aromatic heterocycles. The maximum atomic E-state index is 5.48. The molecule has 94 valence electrons. The Bertz CT molecular complexity index is 504. The largest absolute Gasteiger partial charge is 0.423 e. The van der Waals surface area contributed by atoms with Crippen molar-refractivity contribution >= 4 is 15.9 Å². The lowest BCUT2D eigenvalue weighted by Crippen LogP contribution is -2.12. The highest BCUT2D eigenvalue weighted by Crippen LogP contribution is 2.20. The minimum atomic E-state index is 0.315. The smallest absolute Gasteiger partial charge is 0.321 e. The van der Waals surface area contributed by atoms with Gasteiger partial charge in [0, 0.05) is 35.2 Å². The van der Waals surface area contributed by atoms with Crippen LogP contribution >= 0.6 is 15.9 Å². The van der Waals surface area contributed by atoms with Gasteiger partial charge in [-0.15, -0.1) is 0 Å². The van der Waals surface area contributed by atoms with Crippen molar-refractivity contribution in [1.29, 1.82) is 0 Å². The second-order valence-corrected chi connectivity index (χ2v) is 4.51. The molecule has 0 aliphatic rings. The lowest BCUT2D eigenvalue weighted by atomic mass is 10.3. The number of ether oxygens (including phenoxy) is 1. The molecule has 5 nitrogen and oxygen atoms in total. The molecule has 0 atom stereocenters. The molecule has 0 amide bonds. The highest BCUT2D eigenvalue weighted by molar-refractivity contribution is 9.10. The van der Waals surface area contributed by atoms with Crippen molar-refractivity contribution in [1.82, 2.24) is 20.3 Å². The van der Waals surface area contributed by atoms with Crippen LogP contribution in [0.1, 0.15) is 12.5 Å². The van der Waals surface area contributed by atoms with Crippen molar-refractivity contribution in [3.05, 3.63) is 40.9 Å². The molecule has 0 bridgehead atoms. The minimum Gasteiger partial charge on any atom is -0.423 e. The maximum Gasteiger partial charge on any atom is 0.321 e. The van der Waals surface area contributed by atoms with E-state index in [1.54, 1.807) is 24.8 Å². The van der Waals surface area contributed by atoms with Crippen LogP contribution in [-0.4, -0.2) is 21.5 Å². The molecule has 0 saturated carbocycles. The zero-order valence-corrected chi connectivity index (χ0v) is 11.5. The summed E-state index contributed by atoms with van der Waals surface area (Å²) >= 11 is 3.32. The number of aromatic nitrogens is 3. The molecule has 18 heavy (non-hydrogen) atoms. The van der Waals surface area contributed by atoms with E-state index in [0.717, 1.165) is 23.1 Å². The van der Waals surface area contributed by atoms with E-state index in [4.69, 9.17) is 4.74 Å². The molecule has 0 fully saturated rings. The summed E-state index contributed by atoms with van der Waals surface area (Å²) < 4.78 is 6.33. The number of hydrogen-bond acceptors (Lipinski definition) is 5.